The molecule has 0 N–H and O–H groups in total. The molecule has 0 aliphatic carbocycles. The Balaban J connectivity index is 1.11. The molecule has 0 saturated heterocycles. The van der Waals surface area contributed by atoms with Gasteiger partial charge in [-0.15, -0.1) is 0 Å². The predicted octanol–water partition coefficient (Wildman–Crippen LogP) is 16.4. The third-order valence-corrected chi connectivity index (χ3v) is 13.0. The molecular formula is C60H36N2. The molecule has 2 heterocycles. The van der Waals surface area contributed by atoms with Gasteiger partial charge in [0.15, 0.2) is 0 Å². The van der Waals surface area contributed by atoms with Crippen molar-refractivity contribution in [1.82, 2.24) is 9.97 Å². The number of pyridine rings is 2. The van der Waals surface area contributed by atoms with Crippen LogP contribution in [0, 0.1) is 0 Å². The Hall–Kier alpha value is -8.20. The zero-order valence-corrected chi connectivity index (χ0v) is 33.7. The molecular weight excluding hydrogens is 749 g/mol. The molecule has 0 amide bonds. The monoisotopic (exact) mass is 784 g/mol. The Labute approximate surface area is 358 Å². The molecule has 2 heteroatoms. The Bertz CT molecular complexity index is 3980. The third kappa shape index (κ3) is 5.30. The fraction of sp³-hybridized carbons (Fsp3) is 0. The minimum Gasteiger partial charge on any atom is -0.247 e. The van der Waals surface area contributed by atoms with Gasteiger partial charge in [0, 0.05) is 32.7 Å². The Morgan fingerprint density at radius 1 is 0.242 bits per heavy atom. The maximum atomic E-state index is 5.68. The van der Waals surface area contributed by atoms with Gasteiger partial charge in [0.25, 0.3) is 0 Å². The smallest absolute Gasteiger partial charge is 0.0794 e. The summed E-state index contributed by atoms with van der Waals surface area (Å²) in [6.07, 6.45) is 0. The average molecular weight is 785 g/mol. The van der Waals surface area contributed by atoms with E-state index in [1.165, 1.54) is 70.4 Å². The van der Waals surface area contributed by atoms with E-state index in [2.05, 4.69) is 218 Å². The highest BCUT2D eigenvalue weighted by atomic mass is 14.7. The fourth-order valence-electron chi connectivity index (χ4n) is 10.1. The first-order valence-electron chi connectivity index (χ1n) is 21.3. The van der Waals surface area contributed by atoms with Crippen LogP contribution in [0.2, 0.25) is 0 Å². The van der Waals surface area contributed by atoms with Crippen molar-refractivity contribution in [3.63, 3.8) is 0 Å². The first-order chi connectivity index (χ1) is 30.7. The predicted molar refractivity (Wildman–Crippen MR) is 264 cm³/mol. The van der Waals surface area contributed by atoms with E-state index in [9.17, 15) is 0 Å². The first-order valence-corrected chi connectivity index (χ1v) is 21.3. The van der Waals surface area contributed by atoms with E-state index in [-0.39, 0.29) is 0 Å². The number of benzene rings is 11. The lowest BCUT2D eigenvalue weighted by Crippen LogP contribution is -1.95. The fourth-order valence-corrected chi connectivity index (χ4v) is 10.1. The lowest BCUT2D eigenvalue weighted by molar-refractivity contribution is 1.41. The van der Waals surface area contributed by atoms with Crippen molar-refractivity contribution in [1.29, 1.82) is 0 Å². The molecule has 286 valence electrons. The van der Waals surface area contributed by atoms with Crippen LogP contribution in [0.3, 0.4) is 0 Å². The van der Waals surface area contributed by atoms with Gasteiger partial charge in [0.05, 0.1) is 22.4 Å². The molecule has 0 fully saturated rings. The maximum absolute atomic E-state index is 5.68. The van der Waals surface area contributed by atoms with E-state index >= 15 is 0 Å². The lowest BCUT2D eigenvalue weighted by atomic mass is 9.87. The second kappa shape index (κ2) is 13.7. The standard InChI is InChI=1S/C60H36N2/c1-3-17-41-39(15-1)33-53(45-21-7-5-19-43(41)45)54-35-56-52(37-29-31-38(32-30-37)59-50-26-11-9-23-47(50)49-25-13-14-28-57(49)61-59)36-58(62-60(56)51-27-12-10-24-48(51)54)55-34-40-16-2-4-18-42(40)44-20-6-8-22-46(44)55/h1-36H. The highest BCUT2D eigenvalue weighted by Crippen LogP contribution is 2.45. The molecule has 0 radical (unpaired) electrons. The van der Waals surface area contributed by atoms with Crippen LogP contribution >= 0.6 is 0 Å². The Morgan fingerprint density at radius 3 is 1.32 bits per heavy atom. The molecule has 0 aliphatic rings. The molecule has 13 rings (SSSR count). The summed E-state index contributed by atoms with van der Waals surface area (Å²) in [5, 5.41) is 16.8. The van der Waals surface area contributed by atoms with E-state index in [1.807, 2.05) is 0 Å². The summed E-state index contributed by atoms with van der Waals surface area (Å²) in [6.45, 7) is 0. The molecule has 0 aliphatic heterocycles. The zero-order valence-electron chi connectivity index (χ0n) is 33.7. The second-order valence-corrected chi connectivity index (χ2v) is 16.4. The number of rotatable bonds is 4. The minimum atomic E-state index is 0.953. The number of para-hydroxylation sites is 1. The SMILES string of the molecule is c1ccc2c(c1)cc(-c1cc(-c3ccc(-c4nc5ccccc5c5ccccc45)cc3)c3cc(-c4cc5ccccc5c5ccccc45)c4ccccc4c3n1)c1ccccc12. The van der Waals surface area contributed by atoms with Crippen molar-refractivity contribution in [2.75, 3.05) is 0 Å². The van der Waals surface area contributed by atoms with Gasteiger partial charge in [-0.05, 0) is 106 Å². The quantitative estimate of drug-likeness (QED) is 0.166. The van der Waals surface area contributed by atoms with Crippen molar-refractivity contribution >= 4 is 86.4 Å². The van der Waals surface area contributed by atoms with Crippen LogP contribution < -0.4 is 0 Å². The van der Waals surface area contributed by atoms with Crippen LogP contribution in [0.4, 0.5) is 0 Å². The van der Waals surface area contributed by atoms with E-state index in [0.29, 0.717) is 0 Å². The Morgan fingerprint density at radius 2 is 0.677 bits per heavy atom. The summed E-state index contributed by atoms with van der Waals surface area (Å²) in [4.78, 5) is 10.9. The number of hydrogen-bond acceptors (Lipinski definition) is 2. The van der Waals surface area contributed by atoms with Gasteiger partial charge in [-0.1, -0.05) is 188 Å². The molecule has 11 aromatic carbocycles. The largest absolute Gasteiger partial charge is 0.247 e. The van der Waals surface area contributed by atoms with Crippen LogP contribution in [-0.4, -0.2) is 9.97 Å². The zero-order chi connectivity index (χ0) is 40.7. The van der Waals surface area contributed by atoms with Crippen molar-refractivity contribution in [3.05, 3.63) is 218 Å². The summed E-state index contributed by atoms with van der Waals surface area (Å²) in [5.41, 5.74) is 10.8. The van der Waals surface area contributed by atoms with Crippen molar-refractivity contribution in [2.45, 2.75) is 0 Å². The number of hydrogen-bond donors (Lipinski definition) is 0. The molecule has 62 heavy (non-hydrogen) atoms. The summed E-state index contributed by atoms with van der Waals surface area (Å²) in [6, 6.07) is 79.4. The van der Waals surface area contributed by atoms with Gasteiger partial charge in [0.1, 0.15) is 0 Å². The lowest BCUT2D eigenvalue weighted by Gasteiger charge is -2.18. The molecule has 0 unspecified atom stereocenters. The Kier molecular flexibility index (Phi) is 7.64. The van der Waals surface area contributed by atoms with Crippen molar-refractivity contribution in [3.8, 4) is 44.8 Å². The van der Waals surface area contributed by atoms with Crippen LogP contribution in [-0.2, 0) is 0 Å². The molecule has 0 bridgehead atoms. The first kappa shape index (κ1) is 34.6. The van der Waals surface area contributed by atoms with E-state index in [4.69, 9.17) is 9.97 Å². The van der Waals surface area contributed by atoms with Crippen LogP contribution in [0.1, 0.15) is 0 Å². The molecule has 0 saturated carbocycles. The minimum absolute atomic E-state index is 0.953. The van der Waals surface area contributed by atoms with Crippen LogP contribution in [0.25, 0.3) is 131 Å². The summed E-state index contributed by atoms with van der Waals surface area (Å²) < 4.78 is 0. The van der Waals surface area contributed by atoms with Crippen LogP contribution in [0.15, 0.2) is 218 Å². The average Bonchev–Trinajstić information content (AvgIpc) is 3.35. The third-order valence-electron chi connectivity index (χ3n) is 13.0. The maximum Gasteiger partial charge on any atom is 0.0794 e. The van der Waals surface area contributed by atoms with Gasteiger partial charge in [-0.25, -0.2) is 9.97 Å². The van der Waals surface area contributed by atoms with E-state index < -0.39 is 0 Å². The highest BCUT2D eigenvalue weighted by molar-refractivity contribution is 6.22. The summed E-state index contributed by atoms with van der Waals surface area (Å²) in [7, 11) is 0. The summed E-state index contributed by atoms with van der Waals surface area (Å²) in [5.74, 6) is 0. The molecule has 0 spiro atoms. The van der Waals surface area contributed by atoms with Gasteiger partial charge < -0.3 is 0 Å². The van der Waals surface area contributed by atoms with Gasteiger partial charge in [-0.2, -0.15) is 0 Å². The molecule has 0 atom stereocenters. The van der Waals surface area contributed by atoms with E-state index in [1.54, 1.807) is 0 Å². The topological polar surface area (TPSA) is 25.8 Å². The second-order valence-electron chi connectivity index (χ2n) is 16.4. The normalized spacial score (nSPS) is 11.9. The van der Waals surface area contributed by atoms with Gasteiger partial charge in [-0.3, -0.25) is 0 Å². The van der Waals surface area contributed by atoms with E-state index in [0.717, 1.165) is 60.8 Å². The van der Waals surface area contributed by atoms with Crippen LogP contribution in [0.5, 0.6) is 0 Å². The molecule has 2 aromatic heterocycles. The molecule has 2 nitrogen and oxygen atoms in total. The number of nitrogens with zero attached hydrogens (tertiary/aromatic N) is 2. The number of fused-ring (bicyclic) bond motifs is 12. The van der Waals surface area contributed by atoms with Crippen molar-refractivity contribution in [2.24, 2.45) is 0 Å². The molecule has 13 aromatic rings. The number of aromatic nitrogens is 2. The van der Waals surface area contributed by atoms with Gasteiger partial charge in [0.2, 0.25) is 0 Å². The van der Waals surface area contributed by atoms with Gasteiger partial charge >= 0.3 is 0 Å². The van der Waals surface area contributed by atoms with Crippen molar-refractivity contribution < 1.29 is 0 Å². The highest BCUT2D eigenvalue weighted by Gasteiger charge is 2.20. The summed E-state index contributed by atoms with van der Waals surface area (Å²) >= 11 is 0.